The molecule has 0 aliphatic carbocycles. The highest BCUT2D eigenvalue weighted by atomic mass is 35.5. The lowest BCUT2D eigenvalue weighted by Gasteiger charge is -2.14. The van der Waals surface area contributed by atoms with E-state index in [0.29, 0.717) is 13.0 Å². The van der Waals surface area contributed by atoms with Gasteiger partial charge < -0.3 is 5.32 Å². The number of halogens is 2. The zero-order valence-corrected chi connectivity index (χ0v) is 10.0. The Morgan fingerprint density at radius 2 is 2.31 bits per heavy atom. The molecule has 0 fully saturated rings. The van der Waals surface area contributed by atoms with Crippen LogP contribution >= 0.6 is 11.6 Å². The van der Waals surface area contributed by atoms with Crippen molar-refractivity contribution in [3.63, 3.8) is 0 Å². The molecule has 0 saturated carbocycles. The fraction of sp³-hybridized carbons (Fsp3) is 0.385. The van der Waals surface area contributed by atoms with Gasteiger partial charge in [-0.15, -0.1) is 12.3 Å². The first kappa shape index (κ1) is 13.0. The summed E-state index contributed by atoms with van der Waals surface area (Å²) < 4.78 is 13.1. The summed E-state index contributed by atoms with van der Waals surface area (Å²) in [6, 6.07) is 5.07. The molecule has 3 heteroatoms. The van der Waals surface area contributed by atoms with Crippen molar-refractivity contribution in [3.8, 4) is 12.3 Å². The molecule has 1 rings (SSSR count). The van der Waals surface area contributed by atoms with E-state index in [0.717, 1.165) is 12.0 Å². The van der Waals surface area contributed by atoms with Gasteiger partial charge in [-0.25, -0.2) is 4.39 Å². The zero-order valence-electron chi connectivity index (χ0n) is 9.26. The van der Waals surface area contributed by atoms with Gasteiger partial charge in [0.15, 0.2) is 0 Å². The van der Waals surface area contributed by atoms with Gasteiger partial charge >= 0.3 is 0 Å². The minimum Gasteiger partial charge on any atom is -0.309 e. The van der Waals surface area contributed by atoms with Crippen LogP contribution in [0.25, 0.3) is 0 Å². The topological polar surface area (TPSA) is 12.0 Å². The van der Waals surface area contributed by atoms with E-state index in [2.05, 4.69) is 18.2 Å². The fourth-order valence-electron chi connectivity index (χ4n) is 1.44. The van der Waals surface area contributed by atoms with Crippen LogP contribution in [0, 0.1) is 18.2 Å². The molecular weight excluding hydrogens is 225 g/mol. The highest BCUT2D eigenvalue weighted by Gasteiger charge is 2.08. The number of nitrogens with one attached hydrogen (secondary N) is 1. The Morgan fingerprint density at radius 3 is 2.94 bits per heavy atom. The van der Waals surface area contributed by atoms with E-state index < -0.39 is 0 Å². The molecule has 0 aromatic heterocycles. The molecule has 86 valence electrons. The van der Waals surface area contributed by atoms with Gasteiger partial charge in [0.05, 0.1) is 5.02 Å². The van der Waals surface area contributed by atoms with Gasteiger partial charge in [0.25, 0.3) is 0 Å². The predicted octanol–water partition coefficient (Wildman–Crippen LogP) is 3.37. The Kier molecular flexibility index (Phi) is 5.31. The van der Waals surface area contributed by atoms with Gasteiger partial charge in [-0.05, 0) is 18.1 Å². The third-order valence-corrected chi connectivity index (χ3v) is 2.89. The van der Waals surface area contributed by atoms with Crippen LogP contribution in [0.4, 0.5) is 4.39 Å². The van der Waals surface area contributed by atoms with Gasteiger partial charge in [0.1, 0.15) is 5.82 Å². The first-order chi connectivity index (χ1) is 7.69. The lowest BCUT2D eigenvalue weighted by molar-refractivity contribution is 0.505. The minimum absolute atomic E-state index is 0.186. The molecule has 1 N–H and O–H groups in total. The summed E-state index contributed by atoms with van der Waals surface area (Å²) in [4.78, 5) is 0. The third-order valence-electron chi connectivity index (χ3n) is 2.47. The fourth-order valence-corrected chi connectivity index (χ4v) is 1.64. The van der Waals surface area contributed by atoms with Gasteiger partial charge in [-0.1, -0.05) is 30.7 Å². The van der Waals surface area contributed by atoms with Crippen molar-refractivity contribution < 1.29 is 4.39 Å². The Hall–Kier alpha value is -1.04. The summed E-state index contributed by atoms with van der Waals surface area (Å²) >= 11 is 5.84. The number of rotatable bonds is 5. The number of hydrogen-bond acceptors (Lipinski definition) is 1. The van der Waals surface area contributed by atoms with Crippen molar-refractivity contribution in [2.75, 3.05) is 0 Å². The van der Waals surface area contributed by atoms with E-state index in [9.17, 15) is 4.39 Å². The molecule has 0 amide bonds. The normalized spacial score (nSPS) is 12.1. The average Bonchev–Trinajstić information content (AvgIpc) is 2.29. The lowest BCUT2D eigenvalue weighted by atomic mass is 10.1. The van der Waals surface area contributed by atoms with Gasteiger partial charge in [-0.2, -0.15) is 0 Å². The Morgan fingerprint density at radius 1 is 1.56 bits per heavy atom. The van der Waals surface area contributed by atoms with Crippen LogP contribution in [0.1, 0.15) is 25.3 Å². The van der Waals surface area contributed by atoms with E-state index in [1.54, 1.807) is 12.1 Å². The Balaban J connectivity index is 2.60. The Bertz CT molecular complexity index is 384. The van der Waals surface area contributed by atoms with Crippen LogP contribution in [-0.4, -0.2) is 6.04 Å². The van der Waals surface area contributed by atoms with E-state index in [1.807, 2.05) is 0 Å². The SMILES string of the molecule is C#CCC(CC)NCc1cccc(F)c1Cl. The minimum atomic E-state index is -0.383. The number of hydrogen-bond donors (Lipinski definition) is 1. The van der Waals surface area contributed by atoms with Crippen molar-refractivity contribution in [1.29, 1.82) is 0 Å². The summed E-state index contributed by atoms with van der Waals surface area (Å²) in [5.41, 5.74) is 0.761. The van der Waals surface area contributed by atoms with E-state index in [4.69, 9.17) is 18.0 Å². The van der Waals surface area contributed by atoms with Gasteiger partial charge in [0.2, 0.25) is 0 Å². The molecule has 0 heterocycles. The maximum atomic E-state index is 13.1. The lowest BCUT2D eigenvalue weighted by Crippen LogP contribution is -2.27. The van der Waals surface area contributed by atoms with Crippen LogP contribution < -0.4 is 5.32 Å². The van der Waals surface area contributed by atoms with Crippen LogP contribution in [0.15, 0.2) is 18.2 Å². The second-order valence-electron chi connectivity index (χ2n) is 3.61. The third kappa shape index (κ3) is 3.52. The van der Waals surface area contributed by atoms with Crippen LogP contribution in [0.5, 0.6) is 0 Å². The largest absolute Gasteiger partial charge is 0.309 e. The van der Waals surface area contributed by atoms with Crippen molar-refractivity contribution in [3.05, 3.63) is 34.6 Å². The standard InChI is InChI=1S/C13H15ClFN/c1-3-6-11(4-2)16-9-10-7-5-8-12(15)13(10)14/h1,5,7-8,11,16H,4,6,9H2,2H3. The second-order valence-corrected chi connectivity index (χ2v) is 3.99. The summed E-state index contributed by atoms with van der Waals surface area (Å²) in [7, 11) is 0. The molecule has 0 aliphatic heterocycles. The summed E-state index contributed by atoms with van der Waals surface area (Å²) in [5, 5.41) is 3.45. The molecule has 0 aliphatic rings. The Labute approximate surface area is 101 Å². The monoisotopic (exact) mass is 239 g/mol. The van der Waals surface area contributed by atoms with Crippen LogP contribution in [0.3, 0.4) is 0 Å². The van der Waals surface area contributed by atoms with Gasteiger partial charge in [0, 0.05) is 19.0 Å². The molecule has 0 bridgehead atoms. The van der Waals surface area contributed by atoms with Crippen molar-refractivity contribution in [2.45, 2.75) is 32.4 Å². The molecule has 0 spiro atoms. The maximum Gasteiger partial charge on any atom is 0.142 e. The van der Waals surface area contributed by atoms with Crippen molar-refractivity contribution in [1.82, 2.24) is 5.32 Å². The van der Waals surface area contributed by atoms with E-state index in [-0.39, 0.29) is 16.9 Å². The average molecular weight is 240 g/mol. The van der Waals surface area contributed by atoms with Crippen LogP contribution in [0.2, 0.25) is 5.02 Å². The molecular formula is C13H15ClFN. The van der Waals surface area contributed by atoms with E-state index in [1.165, 1.54) is 6.07 Å². The van der Waals surface area contributed by atoms with Gasteiger partial charge in [-0.3, -0.25) is 0 Å². The van der Waals surface area contributed by atoms with Crippen LogP contribution in [-0.2, 0) is 6.54 Å². The first-order valence-corrected chi connectivity index (χ1v) is 5.66. The summed E-state index contributed by atoms with van der Waals surface area (Å²) in [6.45, 7) is 2.60. The number of terminal acetylenes is 1. The summed E-state index contributed by atoms with van der Waals surface area (Å²) in [5.74, 6) is 2.23. The second kappa shape index (κ2) is 6.52. The predicted molar refractivity (Wildman–Crippen MR) is 65.8 cm³/mol. The molecule has 16 heavy (non-hydrogen) atoms. The molecule has 1 aromatic carbocycles. The smallest absolute Gasteiger partial charge is 0.142 e. The highest BCUT2D eigenvalue weighted by Crippen LogP contribution is 2.19. The molecule has 0 saturated heterocycles. The quantitative estimate of drug-likeness (QED) is 0.777. The molecule has 0 radical (unpaired) electrons. The highest BCUT2D eigenvalue weighted by molar-refractivity contribution is 6.31. The van der Waals surface area contributed by atoms with Crippen molar-refractivity contribution >= 4 is 11.6 Å². The summed E-state index contributed by atoms with van der Waals surface area (Å²) in [6.07, 6.45) is 6.86. The zero-order chi connectivity index (χ0) is 12.0. The van der Waals surface area contributed by atoms with E-state index >= 15 is 0 Å². The maximum absolute atomic E-state index is 13.1. The molecule has 1 aromatic rings. The first-order valence-electron chi connectivity index (χ1n) is 5.28. The van der Waals surface area contributed by atoms with Crippen molar-refractivity contribution in [2.24, 2.45) is 0 Å². The molecule has 1 atom stereocenters. The number of benzene rings is 1. The molecule has 1 unspecified atom stereocenters. The molecule has 1 nitrogen and oxygen atoms in total.